The molecule has 0 radical (unpaired) electrons. The molecule has 1 saturated heterocycles. The lowest BCUT2D eigenvalue weighted by molar-refractivity contribution is -0.117. The van der Waals surface area contributed by atoms with Crippen LogP contribution in [0.25, 0.3) is 0 Å². The van der Waals surface area contributed by atoms with Crippen LogP contribution < -0.4 is 15.0 Å². The fourth-order valence-electron chi connectivity index (χ4n) is 2.86. The number of hydrogen-bond acceptors (Lipinski definition) is 3. The molecule has 0 aromatic heterocycles. The van der Waals surface area contributed by atoms with Crippen LogP contribution in [0, 0.1) is 5.82 Å². The summed E-state index contributed by atoms with van der Waals surface area (Å²) in [7, 11) is 1.66. The van der Waals surface area contributed by atoms with Gasteiger partial charge in [-0.25, -0.2) is 9.18 Å². The summed E-state index contributed by atoms with van der Waals surface area (Å²) in [6.45, 7) is 1.29. The Morgan fingerprint density at radius 3 is 2.67 bits per heavy atom. The van der Waals surface area contributed by atoms with Crippen LogP contribution in [-0.4, -0.2) is 43.6 Å². The summed E-state index contributed by atoms with van der Waals surface area (Å²) in [5.74, 6) is 0.287. The molecule has 0 spiro atoms. The summed E-state index contributed by atoms with van der Waals surface area (Å²) in [6.07, 6.45) is 1.35. The number of rotatable bonds is 6. The molecule has 7 heteroatoms. The first-order valence-corrected chi connectivity index (χ1v) is 8.84. The zero-order chi connectivity index (χ0) is 19.2. The average molecular weight is 371 g/mol. The second-order valence-electron chi connectivity index (χ2n) is 6.32. The Bertz CT molecular complexity index is 810. The molecule has 2 aromatic carbocycles. The number of amides is 3. The van der Waals surface area contributed by atoms with E-state index in [1.54, 1.807) is 30.1 Å². The van der Waals surface area contributed by atoms with Gasteiger partial charge in [0, 0.05) is 20.0 Å². The highest BCUT2D eigenvalue weighted by Gasteiger charge is 2.24. The highest BCUT2D eigenvalue weighted by atomic mass is 19.1. The highest BCUT2D eigenvalue weighted by Crippen LogP contribution is 2.29. The molecule has 6 nitrogen and oxygen atoms in total. The minimum atomic E-state index is -0.325. The van der Waals surface area contributed by atoms with E-state index in [2.05, 4.69) is 5.32 Å². The van der Waals surface area contributed by atoms with Gasteiger partial charge in [-0.15, -0.1) is 0 Å². The van der Waals surface area contributed by atoms with Crippen LogP contribution in [0.4, 0.5) is 20.6 Å². The van der Waals surface area contributed by atoms with Crippen molar-refractivity contribution in [3.8, 4) is 5.75 Å². The minimum Gasteiger partial charge on any atom is -0.492 e. The Balaban J connectivity index is 1.55. The molecule has 1 heterocycles. The van der Waals surface area contributed by atoms with E-state index in [-0.39, 0.29) is 24.4 Å². The zero-order valence-corrected chi connectivity index (χ0v) is 15.2. The first-order valence-electron chi connectivity index (χ1n) is 8.84. The number of urea groups is 1. The summed E-state index contributed by atoms with van der Waals surface area (Å²) in [6, 6.07) is 12.7. The van der Waals surface area contributed by atoms with Gasteiger partial charge in [-0.1, -0.05) is 12.1 Å². The Hall–Kier alpha value is -3.09. The molecule has 1 N–H and O–H groups in total. The third-order valence-electron chi connectivity index (χ3n) is 4.37. The van der Waals surface area contributed by atoms with Gasteiger partial charge in [-0.2, -0.15) is 0 Å². The molecular weight excluding hydrogens is 349 g/mol. The first kappa shape index (κ1) is 18.7. The third-order valence-corrected chi connectivity index (χ3v) is 4.37. The lowest BCUT2D eigenvalue weighted by atomic mass is 10.2. The van der Waals surface area contributed by atoms with E-state index in [9.17, 15) is 14.0 Å². The van der Waals surface area contributed by atoms with Crippen molar-refractivity contribution in [1.29, 1.82) is 0 Å². The van der Waals surface area contributed by atoms with E-state index in [4.69, 9.17) is 4.74 Å². The standard InChI is InChI=1S/C20H22FN3O3/c1-23(13-14-27-16-10-8-15(21)9-11-16)20(26)22-17-5-2-3-6-18(17)24-12-4-7-19(24)25/h2-3,5-6,8-11H,4,7,12-14H2,1H3,(H,22,26). The zero-order valence-electron chi connectivity index (χ0n) is 15.2. The van der Waals surface area contributed by atoms with E-state index < -0.39 is 0 Å². The number of carbonyl (C=O) groups is 2. The van der Waals surface area contributed by atoms with Gasteiger partial charge in [-0.3, -0.25) is 4.79 Å². The fourth-order valence-corrected chi connectivity index (χ4v) is 2.86. The molecule has 3 amide bonds. The van der Waals surface area contributed by atoms with Crippen molar-refractivity contribution in [1.82, 2.24) is 4.90 Å². The van der Waals surface area contributed by atoms with Crippen LogP contribution >= 0.6 is 0 Å². The van der Waals surface area contributed by atoms with E-state index in [1.807, 2.05) is 18.2 Å². The topological polar surface area (TPSA) is 61.9 Å². The molecule has 142 valence electrons. The monoisotopic (exact) mass is 371 g/mol. The Morgan fingerprint density at radius 2 is 1.96 bits per heavy atom. The molecule has 0 aliphatic carbocycles. The van der Waals surface area contributed by atoms with E-state index >= 15 is 0 Å². The number of carbonyl (C=O) groups excluding carboxylic acids is 2. The maximum absolute atomic E-state index is 12.9. The third kappa shape index (κ3) is 4.75. The molecule has 1 aliphatic rings. The molecule has 2 aromatic rings. The van der Waals surface area contributed by atoms with Gasteiger partial charge in [0.05, 0.1) is 17.9 Å². The van der Waals surface area contributed by atoms with Gasteiger partial charge in [0.1, 0.15) is 18.2 Å². The maximum atomic E-state index is 12.9. The van der Waals surface area contributed by atoms with Crippen molar-refractivity contribution in [2.75, 3.05) is 37.0 Å². The summed E-state index contributed by atoms with van der Waals surface area (Å²) < 4.78 is 18.4. The number of nitrogens with zero attached hydrogens (tertiary/aromatic N) is 2. The van der Waals surface area contributed by atoms with Crippen LogP contribution in [0.15, 0.2) is 48.5 Å². The number of ether oxygens (including phenoxy) is 1. The molecular formula is C20H22FN3O3. The number of hydrogen-bond donors (Lipinski definition) is 1. The smallest absolute Gasteiger partial charge is 0.321 e. The highest BCUT2D eigenvalue weighted by molar-refractivity contribution is 6.01. The number of nitrogens with one attached hydrogen (secondary N) is 1. The number of halogens is 1. The summed E-state index contributed by atoms with van der Waals surface area (Å²) in [4.78, 5) is 27.7. The largest absolute Gasteiger partial charge is 0.492 e. The Labute approximate surface area is 157 Å². The quantitative estimate of drug-likeness (QED) is 0.845. The predicted octanol–water partition coefficient (Wildman–Crippen LogP) is 3.50. The molecule has 1 aliphatic heterocycles. The van der Waals surface area contributed by atoms with Gasteiger partial charge < -0.3 is 19.9 Å². The second kappa shape index (κ2) is 8.53. The average Bonchev–Trinajstić information content (AvgIpc) is 3.09. The lowest BCUT2D eigenvalue weighted by Gasteiger charge is -2.22. The van der Waals surface area contributed by atoms with Crippen molar-refractivity contribution < 1.29 is 18.7 Å². The van der Waals surface area contributed by atoms with E-state index in [0.717, 1.165) is 6.42 Å². The van der Waals surface area contributed by atoms with Gasteiger partial charge in [0.2, 0.25) is 5.91 Å². The van der Waals surface area contributed by atoms with Crippen molar-refractivity contribution in [2.24, 2.45) is 0 Å². The van der Waals surface area contributed by atoms with Crippen LogP contribution in [0.1, 0.15) is 12.8 Å². The second-order valence-corrected chi connectivity index (χ2v) is 6.32. The van der Waals surface area contributed by atoms with Gasteiger partial charge in [0.25, 0.3) is 0 Å². The molecule has 27 heavy (non-hydrogen) atoms. The molecule has 0 bridgehead atoms. The molecule has 0 saturated carbocycles. The van der Waals surface area contributed by atoms with Gasteiger partial charge >= 0.3 is 6.03 Å². The SMILES string of the molecule is CN(CCOc1ccc(F)cc1)C(=O)Nc1ccccc1N1CCCC1=O. The van der Waals surface area contributed by atoms with E-state index in [0.29, 0.717) is 36.6 Å². The minimum absolute atomic E-state index is 0.0674. The Kier molecular flexibility index (Phi) is 5.90. The lowest BCUT2D eigenvalue weighted by Crippen LogP contribution is -2.35. The summed E-state index contributed by atoms with van der Waals surface area (Å²) in [5.41, 5.74) is 1.31. The number of para-hydroxylation sites is 2. The molecule has 3 rings (SSSR count). The van der Waals surface area contributed by atoms with Crippen LogP contribution in [0.3, 0.4) is 0 Å². The summed E-state index contributed by atoms with van der Waals surface area (Å²) >= 11 is 0. The van der Waals surface area contributed by atoms with Crippen molar-refractivity contribution >= 4 is 23.3 Å². The van der Waals surface area contributed by atoms with Crippen molar-refractivity contribution in [2.45, 2.75) is 12.8 Å². The Morgan fingerprint density at radius 1 is 1.22 bits per heavy atom. The van der Waals surface area contributed by atoms with Gasteiger partial charge in [-0.05, 0) is 42.8 Å². The predicted molar refractivity (Wildman–Crippen MR) is 102 cm³/mol. The molecule has 0 unspecified atom stereocenters. The number of likely N-dealkylation sites (N-methyl/N-ethyl adjacent to an activating group) is 1. The van der Waals surface area contributed by atoms with Crippen molar-refractivity contribution in [3.63, 3.8) is 0 Å². The molecule has 1 fully saturated rings. The summed E-state index contributed by atoms with van der Waals surface area (Å²) in [5, 5.41) is 2.85. The van der Waals surface area contributed by atoms with E-state index in [1.165, 1.54) is 17.0 Å². The normalized spacial score (nSPS) is 13.6. The van der Waals surface area contributed by atoms with Crippen LogP contribution in [-0.2, 0) is 4.79 Å². The van der Waals surface area contributed by atoms with Crippen molar-refractivity contribution in [3.05, 3.63) is 54.3 Å². The molecule has 0 atom stereocenters. The fraction of sp³-hybridized carbons (Fsp3) is 0.300. The number of benzene rings is 2. The maximum Gasteiger partial charge on any atom is 0.321 e. The van der Waals surface area contributed by atoms with Crippen LogP contribution in [0.2, 0.25) is 0 Å². The number of anilines is 2. The first-order chi connectivity index (χ1) is 13.0. The van der Waals surface area contributed by atoms with Crippen LogP contribution in [0.5, 0.6) is 5.75 Å². The van der Waals surface area contributed by atoms with Gasteiger partial charge in [0.15, 0.2) is 0 Å².